The van der Waals surface area contributed by atoms with Gasteiger partial charge in [0.1, 0.15) is 5.82 Å². The molecule has 0 atom stereocenters. The van der Waals surface area contributed by atoms with Crippen molar-refractivity contribution in [2.24, 2.45) is 0 Å². The second-order valence-electron chi connectivity index (χ2n) is 6.36. The highest BCUT2D eigenvalue weighted by molar-refractivity contribution is 5.67. The first-order valence-corrected chi connectivity index (χ1v) is 9.16. The van der Waals surface area contributed by atoms with Crippen LogP contribution in [0.25, 0.3) is 22.6 Å². The van der Waals surface area contributed by atoms with Crippen LogP contribution in [0.3, 0.4) is 0 Å². The van der Waals surface area contributed by atoms with E-state index in [2.05, 4.69) is 41.7 Å². The number of benzene rings is 3. The summed E-state index contributed by atoms with van der Waals surface area (Å²) in [5, 5.41) is 3.46. The Balaban J connectivity index is 1.62. The van der Waals surface area contributed by atoms with Gasteiger partial charge in [0.15, 0.2) is 5.82 Å². The molecule has 1 aromatic heterocycles. The summed E-state index contributed by atoms with van der Waals surface area (Å²) in [7, 11) is 0. The fourth-order valence-electron chi connectivity index (χ4n) is 2.99. The maximum absolute atomic E-state index is 4.79. The molecule has 27 heavy (non-hydrogen) atoms. The maximum atomic E-state index is 4.79. The number of aromatic nitrogens is 2. The second kappa shape index (κ2) is 8.28. The monoisotopic (exact) mass is 351 g/mol. The van der Waals surface area contributed by atoms with E-state index in [9.17, 15) is 0 Å². The zero-order chi connectivity index (χ0) is 18.3. The molecule has 0 radical (unpaired) electrons. The molecule has 0 spiro atoms. The molecular weight excluding hydrogens is 330 g/mol. The molecular formula is C24H21N3. The zero-order valence-electron chi connectivity index (χ0n) is 15.0. The first-order chi connectivity index (χ1) is 13.4. The van der Waals surface area contributed by atoms with Gasteiger partial charge >= 0.3 is 0 Å². The third kappa shape index (κ3) is 4.39. The lowest BCUT2D eigenvalue weighted by molar-refractivity contribution is 1.00. The second-order valence-corrected chi connectivity index (χ2v) is 6.36. The minimum absolute atomic E-state index is 0.735. The van der Waals surface area contributed by atoms with E-state index in [-0.39, 0.29) is 0 Å². The Morgan fingerprint density at radius 2 is 1.22 bits per heavy atom. The fraction of sp³-hybridized carbons (Fsp3) is 0.0833. The van der Waals surface area contributed by atoms with Crippen LogP contribution in [0.5, 0.6) is 0 Å². The molecule has 0 aliphatic heterocycles. The molecule has 0 bridgehead atoms. The molecule has 0 aliphatic rings. The lowest BCUT2D eigenvalue weighted by atomic mass is 10.1. The van der Waals surface area contributed by atoms with Gasteiger partial charge in [-0.05, 0) is 12.0 Å². The summed E-state index contributed by atoms with van der Waals surface area (Å²) in [6, 6.07) is 32.8. The Bertz CT molecular complexity index is 926. The zero-order valence-corrected chi connectivity index (χ0v) is 15.0. The van der Waals surface area contributed by atoms with Crippen molar-refractivity contribution in [2.45, 2.75) is 6.42 Å². The SMILES string of the molecule is c1ccc(CCNc2cc(-c3ccccc3)nc(-c3ccccc3)n2)cc1. The summed E-state index contributed by atoms with van der Waals surface area (Å²) >= 11 is 0. The van der Waals surface area contributed by atoms with Crippen LogP contribution in [0.2, 0.25) is 0 Å². The first-order valence-electron chi connectivity index (χ1n) is 9.16. The van der Waals surface area contributed by atoms with E-state index in [1.165, 1.54) is 5.56 Å². The Labute approximate surface area is 159 Å². The molecule has 3 aromatic carbocycles. The fourth-order valence-corrected chi connectivity index (χ4v) is 2.99. The van der Waals surface area contributed by atoms with E-state index in [1.807, 2.05) is 60.7 Å². The Morgan fingerprint density at radius 3 is 1.89 bits per heavy atom. The van der Waals surface area contributed by atoms with E-state index >= 15 is 0 Å². The molecule has 0 saturated heterocycles. The molecule has 1 heterocycles. The Morgan fingerprint density at radius 1 is 0.630 bits per heavy atom. The summed E-state index contributed by atoms with van der Waals surface area (Å²) in [6.45, 7) is 0.823. The van der Waals surface area contributed by atoms with Crippen LogP contribution in [0, 0.1) is 0 Å². The van der Waals surface area contributed by atoms with Crippen molar-refractivity contribution in [1.82, 2.24) is 9.97 Å². The Kier molecular flexibility index (Phi) is 5.21. The van der Waals surface area contributed by atoms with Gasteiger partial charge in [-0.3, -0.25) is 0 Å². The van der Waals surface area contributed by atoms with Crippen molar-refractivity contribution in [3.05, 3.63) is 103 Å². The van der Waals surface area contributed by atoms with Gasteiger partial charge in [-0.15, -0.1) is 0 Å². The number of nitrogens with zero attached hydrogens (tertiary/aromatic N) is 2. The van der Waals surface area contributed by atoms with Crippen molar-refractivity contribution in [3.8, 4) is 22.6 Å². The number of hydrogen-bond donors (Lipinski definition) is 1. The summed E-state index contributed by atoms with van der Waals surface area (Å²) in [4.78, 5) is 9.53. The summed E-state index contributed by atoms with van der Waals surface area (Å²) in [6.07, 6.45) is 0.951. The summed E-state index contributed by atoms with van der Waals surface area (Å²) in [5.41, 5.74) is 4.34. The average Bonchev–Trinajstić information content (AvgIpc) is 2.76. The number of nitrogens with one attached hydrogen (secondary N) is 1. The van der Waals surface area contributed by atoms with E-state index in [0.717, 1.165) is 41.4 Å². The molecule has 132 valence electrons. The summed E-state index contributed by atoms with van der Waals surface area (Å²) < 4.78 is 0. The topological polar surface area (TPSA) is 37.8 Å². The molecule has 0 saturated carbocycles. The molecule has 0 unspecified atom stereocenters. The van der Waals surface area contributed by atoms with Crippen LogP contribution in [0.15, 0.2) is 97.1 Å². The Hall–Kier alpha value is -3.46. The van der Waals surface area contributed by atoms with Crippen LogP contribution in [0.4, 0.5) is 5.82 Å². The van der Waals surface area contributed by atoms with E-state index in [0.29, 0.717) is 0 Å². The largest absolute Gasteiger partial charge is 0.370 e. The highest BCUT2D eigenvalue weighted by Crippen LogP contribution is 2.24. The van der Waals surface area contributed by atoms with Crippen LogP contribution >= 0.6 is 0 Å². The number of anilines is 1. The third-order valence-electron chi connectivity index (χ3n) is 4.39. The quantitative estimate of drug-likeness (QED) is 0.501. The van der Waals surface area contributed by atoms with E-state index in [1.54, 1.807) is 0 Å². The van der Waals surface area contributed by atoms with Crippen LogP contribution in [-0.2, 0) is 6.42 Å². The van der Waals surface area contributed by atoms with Crippen LogP contribution in [-0.4, -0.2) is 16.5 Å². The summed E-state index contributed by atoms with van der Waals surface area (Å²) in [5.74, 6) is 1.58. The van der Waals surface area contributed by atoms with Crippen molar-refractivity contribution < 1.29 is 0 Å². The van der Waals surface area contributed by atoms with Gasteiger partial charge in [-0.25, -0.2) is 9.97 Å². The molecule has 4 aromatic rings. The molecule has 0 amide bonds. The highest BCUT2D eigenvalue weighted by atomic mass is 15.0. The lowest BCUT2D eigenvalue weighted by Gasteiger charge is -2.11. The molecule has 0 aliphatic carbocycles. The maximum Gasteiger partial charge on any atom is 0.162 e. The van der Waals surface area contributed by atoms with Crippen molar-refractivity contribution >= 4 is 5.82 Å². The minimum atomic E-state index is 0.735. The van der Waals surface area contributed by atoms with Crippen molar-refractivity contribution in [2.75, 3.05) is 11.9 Å². The van der Waals surface area contributed by atoms with Crippen LogP contribution in [0.1, 0.15) is 5.56 Å². The molecule has 3 heteroatoms. The van der Waals surface area contributed by atoms with Crippen molar-refractivity contribution in [3.63, 3.8) is 0 Å². The predicted molar refractivity (Wildman–Crippen MR) is 112 cm³/mol. The van der Waals surface area contributed by atoms with Gasteiger partial charge in [0.05, 0.1) is 5.69 Å². The average molecular weight is 351 g/mol. The van der Waals surface area contributed by atoms with Gasteiger partial charge < -0.3 is 5.32 Å². The molecule has 1 N–H and O–H groups in total. The molecule has 4 rings (SSSR count). The standard InChI is InChI=1S/C24H21N3/c1-4-10-19(11-5-1)16-17-25-23-18-22(20-12-6-2-7-13-20)26-24(27-23)21-14-8-3-9-15-21/h1-15,18H,16-17H2,(H,25,26,27). The van der Waals surface area contributed by atoms with Gasteiger partial charge in [0.2, 0.25) is 0 Å². The van der Waals surface area contributed by atoms with Gasteiger partial charge in [0, 0.05) is 23.7 Å². The highest BCUT2D eigenvalue weighted by Gasteiger charge is 2.08. The smallest absolute Gasteiger partial charge is 0.162 e. The van der Waals surface area contributed by atoms with Crippen LogP contribution < -0.4 is 5.32 Å². The minimum Gasteiger partial charge on any atom is -0.370 e. The van der Waals surface area contributed by atoms with Gasteiger partial charge in [-0.2, -0.15) is 0 Å². The third-order valence-corrected chi connectivity index (χ3v) is 4.39. The normalized spacial score (nSPS) is 10.5. The number of rotatable bonds is 6. The molecule has 3 nitrogen and oxygen atoms in total. The van der Waals surface area contributed by atoms with Crippen molar-refractivity contribution in [1.29, 1.82) is 0 Å². The lowest BCUT2D eigenvalue weighted by Crippen LogP contribution is -2.07. The number of hydrogen-bond acceptors (Lipinski definition) is 3. The van der Waals surface area contributed by atoms with E-state index in [4.69, 9.17) is 9.97 Å². The predicted octanol–water partition coefficient (Wildman–Crippen LogP) is 5.47. The first kappa shape index (κ1) is 17.0. The molecule has 0 fully saturated rings. The van der Waals surface area contributed by atoms with Gasteiger partial charge in [0.25, 0.3) is 0 Å². The van der Waals surface area contributed by atoms with Gasteiger partial charge in [-0.1, -0.05) is 91.0 Å². The van der Waals surface area contributed by atoms with E-state index < -0.39 is 0 Å².